The van der Waals surface area contributed by atoms with E-state index in [4.69, 9.17) is 0 Å². The van der Waals surface area contributed by atoms with Gasteiger partial charge >= 0.3 is 0 Å². The number of piperidine rings is 1. The van der Waals surface area contributed by atoms with Crippen molar-refractivity contribution in [1.82, 2.24) is 4.90 Å². The van der Waals surface area contributed by atoms with Gasteiger partial charge in [0.05, 0.1) is 0 Å². The molecule has 2 aliphatic rings. The highest BCUT2D eigenvalue weighted by Crippen LogP contribution is 2.33. The lowest BCUT2D eigenvalue weighted by atomic mass is 9.83. The maximum atomic E-state index is 12.1. The van der Waals surface area contributed by atoms with Crippen LogP contribution >= 0.6 is 11.3 Å². The second kappa shape index (κ2) is 4.81. The summed E-state index contributed by atoms with van der Waals surface area (Å²) < 4.78 is 0. The van der Waals surface area contributed by atoms with E-state index in [0.29, 0.717) is 17.7 Å². The molecule has 1 aliphatic heterocycles. The average Bonchev–Trinajstić information content (AvgIpc) is 2.80. The summed E-state index contributed by atoms with van der Waals surface area (Å²) in [6, 6.07) is 4.37. The first-order valence-corrected chi connectivity index (χ1v) is 7.55. The van der Waals surface area contributed by atoms with Gasteiger partial charge in [0.25, 0.3) is 0 Å². The van der Waals surface area contributed by atoms with Gasteiger partial charge in [-0.2, -0.15) is 0 Å². The van der Waals surface area contributed by atoms with E-state index in [0.717, 1.165) is 38.8 Å². The van der Waals surface area contributed by atoms with Gasteiger partial charge in [-0.25, -0.2) is 0 Å². The number of hydrogen-bond acceptors (Lipinski definition) is 2. The maximum Gasteiger partial charge on any atom is 0.225 e. The van der Waals surface area contributed by atoms with Crippen LogP contribution in [-0.2, 0) is 4.79 Å². The summed E-state index contributed by atoms with van der Waals surface area (Å²) in [5.41, 5.74) is 0. The minimum atomic E-state index is 0.369. The lowest BCUT2D eigenvalue weighted by molar-refractivity contribution is -0.139. The Labute approximate surface area is 107 Å². The molecule has 0 aromatic carbocycles. The fourth-order valence-corrected chi connectivity index (χ4v) is 3.72. The van der Waals surface area contributed by atoms with E-state index in [2.05, 4.69) is 22.4 Å². The smallest absolute Gasteiger partial charge is 0.225 e. The molecule has 17 heavy (non-hydrogen) atoms. The van der Waals surface area contributed by atoms with Crippen LogP contribution in [0.4, 0.5) is 0 Å². The molecule has 3 heteroatoms. The molecule has 1 aliphatic carbocycles. The summed E-state index contributed by atoms with van der Waals surface area (Å²) in [4.78, 5) is 15.7. The van der Waals surface area contributed by atoms with Crippen LogP contribution in [0.5, 0.6) is 0 Å². The van der Waals surface area contributed by atoms with Crippen molar-refractivity contribution in [3.05, 3.63) is 22.4 Å². The molecule has 0 spiro atoms. The lowest BCUT2D eigenvalue weighted by Gasteiger charge is -2.36. The molecule has 0 N–H and O–H groups in total. The van der Waals surface area contributed by atoms with Gasteiger partial charge in [-0.05, 0) is 43.0 Å². The third kappa shape index (κ3) is 2.25. The number of nitrogens with zero attached hydrogens (tertiary/aromatic N) is 1. The Bertz CT molecular complexity index is 375. The molecule has 0 atom stereocenters. The Hall–Kier alpha value is -0.830. The fourth-order valence-electron chi connectivity index (χ4n) is 2.82. The SMILES string of the molecule is O=C(C1CCC1)N1CCC(c2cccs2)CC1. The highest BCUT2D eigenvalue weighted by molar-refractivity contribution is 7.10. The number of rotatable bonds is 2. The molecule has 1 saturated heterocycles. The predicted molar refractivity (Wildman–Crippen MR) is 70.2 cm³/mol. The largest absolute Gasteiger partial charge is 0.342 e. The highest BCUT2D eigenvalue weighted by Gasteiger charge is 2.31. The predicted octanol–water partition coefficient (Wildman–Crippen LogP) is 3.25. The Morgan fingerprint density at radius 2 is 2.00 bits per heavy atom. The lowest BCUT2D eigenvalue weighted by Crippen LogP contribution is -2.43. The van der Waals surface area contributed by atoms with Crippen LogP contribution in [0.3, 0.4) is 0 Å². The molecule has 1 saturated carbocycles. The van der Waals surface area contributed by atoms with Crippen molar-refractivity contribution >= 4 is 17.2 Å². The van der Waals surface area contributed by atoms with Crippen molar-refractivity contribution in [2.24, 2.45) is 5.92 Å². The molecule has 92 valence electrons. The molecule has 2 fully saturated rings. The molecule has 1 aromatic heterocycles. The van der Waals surface area contributed by atoms with Gasteiger partial charge in [0, 0.05) is 23.9 Å². The fraction of sp³-hybridized carbons (Fsp3) is 0.643. The van der Waals surface area contributed by atoms with Crippen LogP contribution in [0.2, 0.25) is 0 Å². The van der Waals surface area contributed by atoms with Gasteiger partial charge in [0.2, 0.25) is 5.91 Å². The van der Waals surface area contributed by atoms with Crippen LogP contribution in [0.1, 0.15) is 42.9 Å². The van der Waals surface area contributed by atoms with E-state index in [1.54, 1.807) is 0 Å². The van der Waals surface area contributed by atoms with E-state index >= 15 is 0 Å². The van der Waals surface area contributed by atoms with Crippen LogP contribution < -0.4 is 0 Å². The van der Waals surface area contributed by atoms with Gasteiger partial charge in [0.15, 0.2) is 0 Å². The summed E-state index contributed by atoms with van der Waals surface area (Å²) in [7, 11) is 0. The zero-order valence-corrected chi connectivity index (χ0v) is 10.9. The van der Waals surface area contributed by atoms with Gasteiger partial charge in [-0.1, -0.05) is 12.5 Å². The topological polar surface area (TPSA) is 20.3 Å². The van der Waals surface area contributed by atoms with E-state index in [1.807, 2.05) is 11.3 Å². The number of likely N-dealkylation sites (tertiary alicyclic amines) is 1. The molecule has 2 heterocycles. The van der Waals surface area contributed by atoms with E-state index < -0.39 is 0 Å². The molecule has 2 nitrogen and oxygen atoms in total. The van der Waals surface area contributed by atoms with Gasteiger partial charge in [0.1, 0.15) is 0 Å². The Kier molecular flexibility index (Phi) is 3.19. The van der Waals surface area contributed by atoms with E-state index in [-0.39, 0.29) is 0 Å². The molecule has 0 unspecified atom stereocenters. The molecular formula is C14H19NOS. The van der Waals surface area contributed by atoms with Crippen LogP contribution in [-0.4, -0.2) is 23.9 Å². The van der Waals surface area contributed by atoms with E-state index in [9.17, 15) is 4.79 Å². The van der Waals surface area contributed by atoms with Crippen LogP contribution in [0.15, 0.2) is 17.5 Å². The number of amides is 1. The third-order valence-corrected chi connectivity index (χ3v) is 5.24. The second-order valence-corrected chi connectivity index (χ2v) is 6.22. The standard InChI is InChI=1S/C14H19NOS/c16-14(12-3-1-4-12)15-8-6-11(7-9-15)13-5-2-10-17-13/h2,5,10-12H,1,3-4,6-9H2. The maximum absolute atomic E-state index is 12.1. The average molecular weight is 249 g/mol. The summed E-state index contributed by atoms with van der Waals surface area (Å²) in [6.07, 6.45) is 5.81. The number of hydrogen-bond donors (Lipinski definition) is 0. The van der Waals surface area contributed by atoms with Crippen molar-refractivity contribution in [3.63, 3.8) is 0 Å². The zero-order chi connectivity index (χ0) is 11.7. The van der Waals surface area contributed by atoms with Crippen LogP contribution in [0, 0.1) is 5.92 Å². The molecule has 1 amide bonds. The molecule has 0 radical (unpaired) electrons. The summed E-state index contributed by atoms with van der Waals surface area (Å²) in [5, 5.41) is 2.15. The monoisotopic (exact) mass is 249 g/mol. The quantitative estimate of drug-likeness (QED) is 0.788. The minimum absolute atomic E-state index is 0.369. The minimum Gasteiger partial charge on any atom is -0.342 e. The van der Waals surface area contributed by atoms with Gasteiger partial charge < -0.3 is 4.90 Å². The third-order valence-electron chi connectivity index (χ3n) is 4.21. The van der Waals surface area contributed by atoms with Crippen molar-refractivity contribution in [1.29, 1.82) is 0 Å². The second-order valence-electron chi connectivity index (χ2n) is 5.24. The first kappa shape index (κ1) is 11.3. The molecule has 0 bridgehead atoms. The Morgan fingerprint density at radius 1 is 1.24 bits per heavy atom. The molecule has 1 aromatic rings. The van der Waals surface area contributed by atoms with Crippen molar-refractivity contribution in [3.8, 4) is 0 Å². The Balaban J connectivity index is 1.55. The van der Waals surface area contributed by atoms with E-state index in [1.165, 1.54) is 11.3 Å². The normalized spacial score (nSPS) is 22.5. The first-order chi connectivity index (χ1) is 8.34. The van der Waals surface area contributed by atoms with Crippen LogP contribution in [0.25, 0.3) is 0 Å². The summed E-state index contributed by atoms with van der Waals surface area (Å²) >= 11 is 1.86. The summed E-state index contributed by atoms with van der Waals surface area (Å²) in [5.74, 6) is 1.50. The van der Waals surface area contributed by atoms with Gasteiger partial charge in [-0.15, -0.1) is 11.3 Å². The number of carbonyl (C=O) groups is 1. The molecular weight excluding hydrogens is 230 g/mol. The number of carbonyl (C=O) groups excluding carboxylic acids is 1. The number of thiophene rings is 1. The zero-order valence-electron chi connectivity index (χ0n) is 10.1. The van der Waals surface area contributed by atoms with Gasteiger partial charge in [-0.3, -0.25) is 4.79 Å². The Morgan fingerprint density at radius 3 is 2.53 bits per heavy atom. The highest BCUT2D eigenvalue weighted by atomic mass is 32.1. The summed E-state index contributed by atoms with van der Waals surface area (Å²) in [6.45, 7) is 1.94. The van der Waals surface area contributed by atoms with Crippen molar-refractivity contribution in [2.75, 3.05) is 13.1 Å². The first-order valence-electron chi connectivity index (χ1n) is 6.67. The molecule has 3 rings (SSSR count). The van der Waals surface area contributed by atoms with Crippen molar-refractivity contribution < 1.29 is 4.79 Å². The van der Waals surface area contributed by atoms with Crippen molar-refractivity contribution in [2.45, 2.75) is 38.0 Å².